The molecule has 0 unspecified atom stereocenters. The summed E-state index contributed by atoms with van der Waals surface area (Å²) in [4.78, 5) is 13.7. The molecule has 2 aromatic rings. The van der Waals surface area contributed by atoms with Crippen molar-refractivity contribution in [3.63, 3.8) is 0 Å². The molecule has 3 rings (SSSR count). The maximum absolute atomic E-state index is 12.8. The molecular weight excluding hydrogens is 384 g/mol. The van der Waals surface area contributed by atoms with Crippen LogP contribution in [0.15, 0.2) is 52.3 Å². The molecule has 0 saturated carbocycles. The van der Waals surface area contributed by atoms with E-state index in [4.69, 9.17) is 4.74 Å². The van der Waals surface area contributed by atoms with E-state index in [9.17, 15) is 13.2 Å². The van der Waals surface area contributed by atoms with Crippen molar-refractivity contribution < 1.29 is 17.9 Å². The van der Waals surface area contributed by atoms with E-state index in [1.54, 1.807) is 18.2 Å². The molecular formula is C19H22N2O4S2. The highest BCUT2D eigenvalue weighted by Crippen LogP contribution is 2.31. The van der Waals surface area contributed by atoms with Gasteiger partial charge in [-0.25, -0.2) is 8.42 Å². The summed E-state index contributed by atoms with van der Waals surface area (Å²) in [5.74, 6) is 0.0966. The Hall–Kier alpha value is -2.03. The number of methoxy groups -OCH3 is 1. The predicted molar refractivity (Wildman–Crippen MR) is 107 cm³/mol. The predicted octanol–water partition coefficient (Wildman–Crippen LogP) is 3.45. The first kappa shape index (κ1) is 19.7. The molecule has 1 saturated heterocycles. The largest absolute Gasteiger partial charge is 0.495 e. The standard InChI is InChI=1S/C19H22N2O4S2/c1-25-17-10-9-14(27(23,24)21-11-5-6-12-21)13-16(17)20-19(22)15-7-3-4-8-18(15)26-2/h3-4,7-10,13H,5-6,11-12H2,1-2H3,(H,20,22). The molecule has 0 bridgehead atoms. The number of nitrogens with zero attached hydrogens (tertiary/aromatic N) is 1. The number of rotatable bonds is 6. The Labute approximate surface area is 164 Å². The summed E-state index contributed by atoms with van der Waals surface area (Å²) in [6.45, 7) is 1.05. The number of carbonyl (C=O) groups is 1. The number of amides is 1. The molecule has 2 aromatic carbocycles. The summed E-state index contributed by atoms with van der Waals surface area (Å²) in [6.07, 6.45) is 3.63. The zero-order valence-corrected chi connectivity index (χ0v) is 16.9. The van der Waals surface area contributed by atoms with Crippen LogP contribution >= 0.6 is 11.8 Å². The maximum atomic E-state index is 12.8. The van der Waals surface area contributed by atoms with Crippen LogP contribution in [0, 0.1) is 0 Å². The Balaban J connectivity index is 1.93. The van der Waals surface area contributed by atoms with Gasteiger partial charge in [-0.3, -0.25) is 4.79 Å². The van der Waals surface area contributed by atoms with Gasteiger partial charge in [0.05, 0.1) is 23.3 Å². The van der Waals surface area contributed by atoms with Crippen LogP contribution in [0.25, 0.3) is 0 Å². The van der Waals surface area contributed by atoms with Crippen LogP contribution in [0.5, 0.6) is 5.75 Å². The van der Waals surface area contributed by atoms with Gasteiger partial charge in [0.15, 0.2) is 0 Å². The smallest absolute Gasteiger partial charge is 0.256 e. The number of nitrogens with one attached hydrogen (secondary N) is 1. The number of benzene rings is 2. The summed E-state index contributed by atoms with van der Waals surface area (Å²) in [5, 5.41) is 2.80. The minimum atomic E-state index is -3.58. The summed E-state index contributed by atoms with van der Waals surface area (Å²) >= 11 is 1.47. The molecule has 27 heavy (non-hydrogen) atoms. The number of ether oxygens (including phenoxy) is 1. The normalized spacial score (nSPS) is 14.9. The molecule has 0 spiro atoms. The molecule has 0 aliphatic carbocycles. The number of anilines is 1. The van der Waals surface area contributed by atoms with Gasteiger partial charge in [0, 0.05) is 18.0 Å². The number of sulfonamides is 1. The van der Waals surface area contributed by atoms with E-state index in [-0.39, 0.29) is 10.8 Å². The lowest BCUT2D eigenvalue weighted by molar-refractivity contribution is 0.102. The van der Waals surface area contributed by atoms with Gasteiger partial charge in [-0.05, 0) is 49.4 Å². The lowest BCUT2D eigenvalue weighted by Gasteiger charge is -2.18. The van der Waals surface area contributed by atoms with Crippen LogP contribution in [0.1, 0.15) is 23.2 Å². The van der Waals surface area contributed by atoms with Gasteiger partial charge in [-0.1, -0.05) is 12.1 Å². The van der Waals surface area contributed by atoms with E-state index in [1.165, 1.54) is 35.3 Å². The van der Waals surface area contributed by atoms with Crippen molar-refractivity contribution in [1.82, 2.24) is 4.31 Å². The van der Waals surface area contributed by atoms with Gasteiger partial charge < -0.3 is 10.1 Å². The number of hydrogen-bond donors (Lipinski definition) is 1. The Morgan fingerprint density at radius 2 is 1.85 bits per heavy atom. The molecule has 144 valence electrons. The van der Waals surface area contributed by atoms with Crippen molar-refractivity contribution in [3.05, 3.63) is 48.0 Å². The lowest BCUT2D eigenvalue weighted by Crippen LogP contribution is -2.28. The number of thioether (sulfide) groups is 1. The second kappa shape index (κ2) is 8.33. The highest BCUT2D eigenvalue weighted by atomic mass is 32.2. The van der Waals surface area contributed by atoms with Crippen LogP contribution in [0.2, 0.25) is 0 Å². The van der Waals surface area contributed by atoms with Gasteiger partial charge in [0.1, 0.15) is 5.75 Å². The third kappa shape index (κ3) is 4.12. The lowest BCUT2D eigenvalue weighted by atomic mass is 10.2. The monoisotopic (exact) mass is 406 g/mol. The first-order valence-electron chi connectivity index (χ1n) is 8.60. The molecule has 1 amide bonds. The highest BCUT2D eigenvalue weighted by Gasteiger charge is 2.28. The molecule has 0 aromatic heterocycles. The van der Waals surface area contributed by atoms with Crippen molar-refractivity contribution in [2.45, 2.75) is 22.6 Å². The van der Waals surface area contributed by atoms with E-state index in [0.29, 0.717) is 30.1 Å². The van der Waals surface area contributed by atoms with Crippen molar-refractivity contribution >= 4 is 33.4 Å². The first-order valence-corrected chi connectivity index (χ1v) is 11.3. The average molecular weight is 407 g/mol. The number of hydrogen-bond acceptors (Lipinski definition) is 5. The fourth-order valence-corrected chi connectivity index (χ4v) is 5.18. The molecule has 1 aliphatic heterocycles. The van der Waals surface area contributed by atoms with Gasteiger partial charge in [0.25, 0.3) is 5.91 Å². The number of carbonyl (C=O) groups excluding carboxylic acids is 1. The second-order valence-electron chi connectivity index (χ2n) is 6.13. The van der Waals surface area contributed by atoms with Crippen LogP contribution in [-0.2, 0) is 10.0 Å². The molecule has 1 fully saturated rings. The summed E-state index contributed by atoms with van der Waals surface area (Å²) in [5.41, 5.74) is 0.860. The van der Waals surface area contributed by atoms with Crippen LogP contribution < -0.4 is 10.1 Å². The third-order valence-corrected chi connectivity index (χ3v) is 7.16. The van der Waals surface area contributed by atoms with Crippen molar-refractivity contribution in [3.8, 4) is 5.75 Å². The average Bonchev–Trinajstić information content (AvgIpc) is 3.23. The van der Waals surface area contributed by atoms with Crippen molar-refractivity contribution in [2.75, 3.05) is 31.8 Å². The van der Waals surface area contributed by atoms with E-state index < -0.39 is 10.0 Å². The summed E-state index contributed by atoms with van der Waals surface area (Å²) in [6, 6.07) is 11.8. The third-order valence-electron chi connectivity index (χ3n) is 4.47. The first-order chi connectivity index (χ1) is 13.0. The van der Waals surface area contributed by atoms with Gasteiger partial charge in [-0.15, -0.1) is 11.8 Å². The molecule has 6 nitrogen and oxygen atoms in total. The Morgan fingerprint density at radius 3 is 2.52 bits per heavy atom. The topological polar surface area (TPSA) is 75.7 Å². The second-order valence-corrected chi connectivity index (χ2v) is 8.91. The van der Waals surface area contributed by atoms with Crippen LogP contribution in [0.3, 0.4) is 0 Å². The molecule has 0 radical (unpaired) electrons. The minimum Gasteiger partial charge on any atom is -0.495 e. The summed E-state index contributed by atoms with van der Waals surface area (Å²) in [7, 11) is -2.10. The molecule has 1 heterocycles. The fourth-order valence-electron chi connectivity index (χ4n) is 3.04. The zero-order chi connectivity index (χ0) is 19.4. The molecule has 0 atom stereocenters. The Kier molecular flexibility index (Phi) is 6.08. The molecule has 1 N–H and O–H groups in total. The van der Waals surface area contributed by atoms with Gasteiger partial charge >= 0.3 is 0 Å². The summed E-state index contributed by atoms with van der Waals surface area (Å²) < 4.78 is 32.4. The van der Waals surface area contributed by atoms with E-state index in [1.807, 2.05) is 18.4 Å². The SMILES string of the molecule is COc1ccc(S(=O)(=O)N2CCCC2)cc1NC(=O)c1ccccc1SC. The Bertz CT molecular complexity index is 938. The fraction of sp³-hybridized carbons (Fsp3) is 0.316. The molecule has 8 heteroatoms. The quantitative estimate of drug-likeness (QED) is 0.744. The minimum absolute atomic E-state index is 0.152. The zero-order valence-electron chi connectivity index (χ0n) is 15.3. The maximum Gasteiger partial charge on any atom is 0.256 e. The van der Waals surface area contributed by atoms with E-state index in [0.717, 1.165) is 17.7 Å². The van der Waals surface area contributed by atoms with Gasteiger partial charge in [0.2, 0.25) is 10.0 Å². The van der Waals surface area contributed by atoms with E-state index >= 15 is 0 Å². The highest BCUT2D eigenvalue weighted by molar-refractivity contribution is 7.98. The van der Waals surface area contributed by atoms with Crippen LogP contribution in [0.4, 0.5) is 5.69 Å². The van der Waals surface area contributed by atoms with Crippen LogP contribution in [-0.4, -0.2) is 45.1 Å². The van der Waals surface area contributed by atoms with Gasteiger partial charge in [-0.2, -0.15) is 4.31 Å². The van der Waals surface area contributed by atoms with E-state index in [2.05, 4.69) is 5.32 Å². The Morgan fingerprint density at radius 1 is 1.15 bits per heavy atom. The van der Waals surface area contributed by atoms with Crippen molar-refractivity contribution in [2.24, 2.45) is 0 Å². The van der Waals surface area contributed by atoms with Crippen molar-refractivity contribution in [1.29, 1.82) is 0 Å². The molecule has 1 aliphatic rings.